The highest BCUT2D eigenvalue weighted by Gasteiger charge is 2.19. The molecule has 16 heavy (non-hydrogen) atoms. The fourth-order valence-electron chi connectivity index (χ4n) is 2.05. The van der Waals surface area contributed by atoms with E-state index in [4.69, 9.17) is 4.74 Å². The molecule has 0 aromatic heterocycles. The van der Waals surface area contributed by atoms with Crippen LogP contribution in [0.5, 0.6) is 0 Å². The molecule has 0 bridgehead atoms. The highest BCUT2D eigenvalue weighted by molar-refractivity contribution is 5.04. The predicted molar refractivity (Wildman–Crippen MR) is 68.8 cm³/mol. The highest BCUT2D eigenvalue weighted by atomic mass is 16.5. The molecule has 1 aliphatic rings. The molecule has 0 aromatic carbocycles. The Bertz CT molecular complexity index is 216. The summed E-state index contributed by atoms with van der Waals surface area (Å²) in [6.07, 6.45) is 4.73. The van der Waals surface area contributed by atoms with Crippen molar-refractivity contribution in [3.8, 4) is 0 Å². The monoisotopic (exact) mass is 226 g/mol. The van der Waals surface area contributed by atoms with E-state index in [0.29, 0.717) is 6.04 Å². The Balaban J connectivity index is 2.36. The number of methoxy groups -OCH3 is 1. The van der Waals surface area contributed by atoms with Gasteiger partial charge in [-0.25, -0.2) is 0 Å². The molecule has 0 aromatic rings. The average Bonchev–Trinajstić information content (AvgIpc) is 2.29. The fraction of sp³-hybridized carbons (Fsp3) is 0.846. The molecule has 0 spiro atoms. The van der Waals surface area contributed by atoms with Gasteiger partial charge in [-0.15, -0.1) is 0 Å². The zero-order chi connectivity index (χ0) is 11.8. The standard InChI is InChI=1S/C13H26N2O/c1-4-7-14-10-13(11-16-3)15-8-5-12(2)6-9-15/h5,13-14H,4,6-11H2,1-3H3. The summed E-state index contributed by atoms with van der Waals surface area (Å²) in [6.45, 7) is 9.63. The number of hydrogen-bond acceptors (Lipinski definition) is 3. The molecule has 0 saturated carbocycles. The lowest BCUT2D eigenvalue weighted by Gasteiger charge is -2.33. The summed E-state index contributed by atoms with van der Waals surface area (Å²) in [4.78, 5) is 2.51. The van der Waals surface area contributed by atoms with E-state index in [-0.39, 0.29) is 0 Å². The summed E-state index contributed by atoms with van der Waals surface area (Å²) < 4.78 is 5.31. The van der Waals surface area contributed by atoms with E-state index in [1.807, 2.05) is 0 Å². The fourth-order valence-corrected chi connectivity index (χ4v) is 2.05. The number of nitrogens with one attached hydrogen (secondary N) is 1. The van der Waals surface area contributed by atoms with E-state index in [1.165, 1.54) is 25.0 Å². The Kier molecular flexibility index (Phi) is 6.69. The summed E-state index contributed by atoms with van der Waals surface area (Å²) in [6, 6.07) is 0.515. The smallest absolute Gasteiger partial charge is 0.0630 e. The Hall–Kier alpha value is -0.380. The molecular formula is C13H26N2O. The first-order valence-corrected chi connectivity index (χ1v) is 6.37. The number of ether oxygens (including phenoxy) is 1. The van der Waals surface area contributed by atoms with Crippen LogP contribution in [-0.2, 0) is 4.74 Å². The minimum atomic E-state index is 0.515. The summed E-state index contributed by atoms with van der Waals surface area (Å²) >= 11 is 0. The average molecular weight is 226 g/mol. The lowest BCUT2D eigenvalue weighted by molar-refractivity contribution is 0.0943. The second-order valence-corrected chi connectivity index (χ2v) is 4.61. The maximum Gasteiger partial charge on any atom is 0.0630 e. The van der Waals surface area contributed by atoms with Gasteiger partial charge in [0.15, 0.2) is 0 Å². The van der Waals surface area contributed by atoms with Crippen LogP contribution in [0, 0.1) is 0 Å². The molecule has 1 unspecified atom stereocenters. The summed E-state index contributed by atoms with van der Waals surface area (Å²) in [5.74, 6) is 0. The minimum absolute atomic E-state index is 0.515. The molecule has 1 heterocycles. The number of hydrogen-bond donors (Lipinski definition) is 1. The number of rotatable bonds is 7. The van der Waals surface area contributed by atoms with Crippen LogP contribution in [-0.4, -0.2) is 50.8 Å². The Morgan fingerprint density at radius 1 is 1.56 bits per heavy atom. The molecule has 3 nitrogen and oxygen atoms in total. The molecule has 0 fully saturated rings. The van der Waals surface area contributed by atoms with Gasteiger partial charge in [0.05, 0.1) is 6.61 Å². The first-order valence-electron chi connectivity index (χ1n) is 6.37. The van der Waals surface area contributed by atoms with Crippen LogP contribution in [0.4, 0.5) is 0 Å². The molecule has 3 heteroatoms. The van der Waals surface area contributed by atoms with Gasteiger partial charge in [0.25, 0.3) is 0 Å². The largest absolute Gasteiger partial charge is 0.383 e. The van der Waals surface area contributed by atoms with Crippen molar-refractivity contribution < 1.29 is 4.74 Å². The van der Waals surface area contributed by atoms with Crippen molar-refractivity contribution in [1.29, 1.82) is 0 Å². The van der Waals surface area contributed by atoms with Crippen molar-refractivity contribution in [3.05, 3.63) is 11.6 Å². The normalized spacial score (nSPS) is 19.6. The van der Waals surface area contributed by atoms with Crippen molar-refractivity contribution >= 4 is 0 Å². The van der Waals surface area contributed by atoms with Crippen molar-refractivity contribution in [2.24, 2.45) is 0 Å². The first kappa shape index (κ1) is 13.7. The van der Waals surface area contributed by atoms with Gasteiger partial charge in [-0.05, 0) is 26.3 Å². The van der Waals surface area contributed by atoms with Crippen LogP contribution in [0.1, 0.15) is 26.7 Å². The van der Waals surface area contributed by atoms with E-state index < -0.39 is 0 Å². The Morgan fingerprint density at radius 3 is 2.94 bits per heavy atom. The molecule has 1 aliphatic heterocycles. The van der Waals surface area contributed by atoms with E-state index in [2.05, 4.69) is 30.1 Å². The first-order chi connectivity index (χ1) is 7.77. The van der Waals surface area contributed by atoms with E-state index in [1.54, 1.807) is 7.11 Å². The third kappa shape index (κ3) is 4.64. The summed E-state index contributed by atoms with van der Waals surface area (Å²) in [5.41, 5.74) is 1.52. The summed E-state index contributed by atoms with van der Waals surface area (Å²) in [5, 5.41) is 3.49. The van der Waals surface area contributed by atoms with Crippen LogP contribution in [0.3, 0.4) is 0 Å². The van der Waals surface area contributed by atoms with Crippen molar-refractivity contribution in [3.63, 3.8) is 0 Å². The maximum atomic E-state index is 5.31. The van der Waals surface area contributed by atoms with Gasteiger partial charge in [-0.2, -0.15) is 0 Å². The third-order valence-corrected chi connectivity index (χ3v) is 3.15. The summed E-state index contributed by atoms with van der Waals surface area (Å²) in [7, 11) is 1.79. The second kappa shape index (κ2) is 7.82. The van der Waals surface area contributed by atoms with Gasteiger partial charge in [-0.3, -0.25) is 4.90 Å². The van der Waals surface area contributed by atoms with Crippen LogP contribution >= 0.6 is 0 Å². The Labute approximate surface area is 99.8 Å². The van der Waals surface area contributed by atoms with Gasteiger partial charge in [0.2, 0.25) is 0 Å². The second-order valence-electron chi connectivity index (χ2n) is 4.61. The van der Waals surface area contributed by atoms with Gasteiger partial charge < -0.3 is 10.1 Å². The van der Waals surface area contributed by atoms with Crippen LogP contribution < -0.4 is 5.32 Å². The molecule has 1 atom stereocenters. The highest BCUT2D eigenvalue weighted by Crippen LogP contribution is 2.12. The molecule has 1 rings (SSSR count). The van der Waals surface area contributed by atoms with E-state index in [9.17, 15) is 0 Å². The SMILES string of the molecule is CCCNCC(COC)N1CC=C(C)CC1. The molecular weight excluding hydrogens is 200 g/mol. The molecule has 0 saturated heterocycles. The zero-order valence-corrected chi connectivity index (χ0v) is 11.0. The van der Waals surface area contributed by atoms with Crippen LogP contribution in [0.2, 0.25) is 0 Å². The molecule has 0 radical (unpaired) electrons. The van der Waals surface area contributed by atoms with E-state index >= 15 is 0 Å². The van der Waals surface area contributed by atoms with Gasteiger partial charge in [0.1, 0.15) is 0 Å². The van der Waals surface area contributed by atoms with Gasteiger partial charge in [0, 0.05) is 32.8 Å². The van der Waals surface area contributed by atoms with Crippen molar-refractivity contribution in [2.75, 3.05) is 39.9 Å². The van der Waals surface area contributed by atoms with Gasteiger partial charge in [-0.1, -0.05) is 18.6 Å². The molecule has 0 amide bonds. The topological polar surface area (TPSA) is 24.5 Å². The molecule has 0 aliphatic carbocycles. The maximum absolute atomic E-state index is 5.31. The van der Waals surface area contributed by atoms with Crippen LogP contribution in [0.25, 0.3) is 0 Å². The number of nitrogens with zero attached hydrogens (tertiary/aromatic N) is 1. The predicted octanol–water partition coefficient (Wildman–Crippen LogP) is 1.65. The Morgan fingerprint density at radius 2 is 2.38 bits per heavy atom. The quantitative estimate of drug-likeness (QED) is 0.528. The van der Waals surface area contributed by atoms with Crippen LogP contribution in [0.15, 0.2) is 11.6 Å². The van der Waals surface area contributed by atoms with Gasteiger partial charge >= 0.3 is 0 Å². The lowest BCUT2D eigenvalue weighted by atomic mass is 10.1. The van der Waals surface area contributed by atoms with E-state index in [0.717, 1.165) is 26.2 Å². The lowest BCUT2D eigenvalue weighted by Crippen LogP contribution is -2.47. The molecule has 94 valence electrons. The molecule has 1 N–H and O–H groups in total. The third-order valence-electron chi connectivity index (χ3n) is 3.15. The van der Waals surface area contributed by atoms with Crippen molar-refractivity contribution in [2.45, 2.75) is 32.7 Å². The van der Waals surface area contributed by atoms with Crippen molar-refractivity contribution in [1.82, 2.24) is 10.2 Å². The minimum Gasteiger partial charge on any atom is -0.383 e. The zero-order valence-electron chi connectivity index (χ0n) is 11.0.